The van der Waals surface area contributed by atoms with Gasteiger partial charge in [-0.2, -0.15) is 0 Å². The maximum absolute atomic E-state index is 12.5. The Bertz CT molecular complexity index is 1030. The second kappa shape index (κ2) is 9.64. The minimum Gasteiger partial charge on any atom is -0.323 e. The van der Waals surface area contributed by atoms with Gasteiger partial charge in [0, 0.05) is 29.9 Å². The minimum atomic E-state index is -3.59. The maximum atomic E-state index is 12.5. The van der Waals surface area contributed by atoms with Crippen LogP contribution in [0.5, 0.6) is 0 Å². The number of rotatable bonds is 7. The Morgan fingerprint density at radius 1 is 1.00 bits per heavy atom. The molecular weight excluding hydrogens is 406 g/mol. The van der Waals surface area contributed by atoms with E-state index in [0.717, 1.165) is 32.1 Å². The molecule has 0 aromatic heterocycles. The van der Waals surface area contributed by atoms with Crippen LogP contribution in [-0.4, -0.2) is 25.3 Å². The number of nitro benzene ring substituents is 1. The molecule has 3 rings (SSSR count). The van der Waals surface area contributed by atoms with E-state index in [0.29, 0.717) is 11.3 Å². The van der Waals surface area contributed by atoms with Crippen LogP contribution in [0.15, 0.2) is 59.5 Å². The van der Waals surface area contributed by atoms with Crippen molar-refractivity contribution in [2.75, 3.05) is 5.32 Å². The Labute approximate surface area is 175 Å². The summed E-state index contributed by atoms with van der Waals surface area (Å²) in [6.07, 6.45) is 7.76. The number of hydrogen-bond acceptors (Lipinski definition) is 5. The fraction of sp³-hybridized carbons (Fsp3) is 0.286. The normalized spacial score (nSPS) is 15.2. The van der Waals surface area contributed by atoms with E-state index < -0.39 is 20.9 Å². The zero-order valence-corrected chi connectivity index (χ0v) is 17.1. The van der Waals surface area contributed by atoms with Crippen molar-refractivity contribution in [2.45, 2.75) is 43.0 Å². The summed E-state index contributed by atoms with van der Waals surface area (Å²) in [7, 11) is -3.59. The smallest absolute Gasteiger partial charge is 0.269 e. The van der Waals surface area contributed by atoms with Crippen molar-refractivity contribution < 1.29 is 18.1 Å². The van der Waals surface area contributed by atoms with E-state index in [1.165, 1.54) is 48.6 Å². The topological polar surface area (TPSA) is 118 Å². The number of nitro groups is 1. The number of carbonyl (C=O) groups is 1. The first-order valence-electron chi connectivity index (χ1n) is 9.69. The lowest BCUT2D eigenvalue weighted by atomic mass is 9.96. The predicted molar refractivity (Wildman–Crippen MR) is 114 cm³/mol. The zero-order valence-electron chi connectivity index (χ0n) is 16.3. The summed E-state index contributed by atoms with van der Waals surface area (Å²) < 4.78 is 27.8. The predicted octanol–water partition coefficient (Wildman–Crippen LogP) is 3.86. The molecule has 1 saturated carbocycles. The largest absolute Gasteiger partial charge is 0.323 e. The highest BCUT2D eigenvalue weighted by Crippen LogP contribution is 2.21. The Morgan fingerprint density at radius 3 is 2.23 bits per heavy atom. The van der Waals surface area contributed by atoms with Crippen LogP contribution in [0.25, 0.3) is 6.08 Å². The molecular formula is C21H23N3O5S. The molecule has 0 atom stereocenters. The summed E-state index contributed by atoms with van der Waals surface area (Å²) in [4.78, 5) is 22.4. The average molecular weight is 429 g/mol. The van der Waals surface area contributed by atoms with Crippen LogP contribution < -0.4 is 10.0 Å². The van der Waals surface area contributed by atoms with E-state index in [4.69, 9.17) is 0 Å². The quantitative estimate of drug-likeness (QED) is 0.394. The second-order valence-corrected chi connectivity index (χ2v) is 8.87. The molecule has 158 valence electrons. The van der Waals surface area contributed by atoms with Gasteiger partial charge < -0.3 is 5.32 Å². The molecule has 0 unspecified atom stereocenters. The van der Waals surface area contributed by atoms with Gasteiger partial charge in [-0.15, -0.1) is 0 Å². The number of non-ortho nitro benzene ring substituents is 1. The number of nitrogens with one attached hydrogen (secondary N) is 2. The van der Waals surface area contributed by atoms with E-state index in [1.807, 2.05) is 0 Å². The first-order chi connectivity index (χ1) is 14.3. The Kier molecular flexibility index (Phi) is 6.96. The molecule has 0 spiro atoms. The van der Waals surface area contributed by atoms with Gasteiger partial charge in [-0.1, -0.05) is 19.3 Å². The highest BCUT2D eigenvalue weighted by Gasteiger charge is 2.21. The molecule has 8 nitrogen and oxygen atoms in total. The van der Waals surface area contributed by atoms with Crippen LogP contribution in [0.4, 0.5) is 11.4 Å². The number of benzene rings is 2. The number of hydrogen-bond donors (Lipinski definition) is 2. The Morgan fingerprint density at radius 2 is 1.63 bits per heavy atom. The standard InChI is InChI=1S/C21H23N3O5S/c25-21(15-8-16-6-11-19(12-7-16)24(26)27)22-17-9-13-20(14-10-17)30(28,29)23-18-4-2-1-3-5-18/h6-15,18,23H,1-5H2,(H,22,25). The number of nitrogens with zero attached hydrogens (tertiary/aromatic N) is 1. The fourth-order valence-corrected chi connectivity index (χ4v) is 4.59. The monoisotopic (exact) mass is 429 g/mol. The lowest BCUT2D eigenvalue weighted by Gasteiger charge is -2.22. The van der Waals surface area contributed by atoms with Crippen molar-refractivity contribution in [3.05, 3.63) is 70.3 Å². The molecule has 30 heavy (non-hydrogen) atoms. The Balaban J connectivity index is 1.57. The van der Waals surface area contributed by atoms with Crippen molar-refractivity contribution in [1.82, 2.24) is 4.72 Å². The van der Waals surface area contributed by atoms with E-state index in [2.05, 4.69) is 10.0 Å². The fourth-order valence-electron chi connectivity index (χ4n) is 3.29. The highest BCUT2D eigenvalue weighted by atomic mass is 32.2. The molecule has 0 aliphatic heterocycles. The van der Waals surface area contributed by atoms with Gasteiger partial charge in [-0.05, 0) is 60.9 Å². The summed E-state index contributed by atoms with van der Waals surface area (Å²) in [5, 5.41) is 13.3. The summed E-state index contributed by atoms with van der Waals surface area (Å²) in [5.41, 5.74) is 1.08. The summed E-state index contributed by atoms with van der Waals surface area (Å²) >= 11 is 0. The summed E-state index contributed by atoms with van der Waals surface area (Å²) in [6, 6.07) is 11.8. The molecule has 9 heteroatoms. The van der Waals surface area contributed by atoms with Gasteiger partial charge >= 0.3 is 0 Å². The second-order valence-electron chi connectivity index (χ2n) is 7.15. The summed E-state index contributed by atoms with van der Waals surface area (Å²) in [6.45, 7) is 0. The maximum Gasteiger partial charge on any atom is 0.269 e. The minimum absolute atomic E-state index is 0.0207. The first kappa shape index (κ1) is 21.7. The summed E-state index contributed by atoms with van der Waals surface area (Å²) in [5.74, 6) is -0.399. The third-order valence-corrected chi connectivity index (χ3v) is 6.43. The van der Waals surface area contributed by atoms with Gasteiger partial charge in [0.1, 0.15) is 0 Å². The number of amides is 1. The molecule has 1 fully saturated rings. The van der Waals surface area contributed by atoms with Crippen LogP contribution in [0.3, 0.4) is 0 Å². The van der Waals surface area contributed by atoms with E-state index in [1.54, 1.807) is 12.1 Å². The van der Waals surface area contributed by atoms with E-state index in [9.17, 15) is 23.3 Å². The van der Waals surface area contributed by atoms with Gasteiger partial charge in [0.15, 0.2) is 0 Å². The van der Waals surface area contributed by atoms with Gasteiger partial charge in [0.25, 0.3) is 5.69 Å². The molecule has 0 bridgehead atoms. The third-order valence-electron chi connectivity index (χ3n) is 4.89. The molecule has 2 aromatic rings. The number of sulfonamides is 1. The van der Waals surface area contributed by atoms with Crippen molar-refractivity contribution in [2.24, 2.45) is 0 Å². The van der Waals surface area contributed by atoms with Crippen molar-refractivity contribution >= 4 is 33.4 Å². The van der Waals surface area contributed by atoms with E-state index >= 15 is 0 Å². The molecule has 1 aliphatic rings. The van der Waals surface area contributed by atoms with Crippen LogP contribution in [0.1, 0.15) is 37.7 Å². The molecule has 2 N–H and O–H groups in total. The average Bonchev–Trinajstić information content (AvgIpc) is 2.73. The lowest BCUT2D eigenvalue weighted by Crippen LogP contribution is -2.36. The molecule has 2 aromatic carbocycles. The molecule has 1 amide bonds. The van der Waals surface area contributed by atoms with Crippen LogP contribution in [0.2, 0.25) is 0 Å². The SMILES string of the molecule is O=C(C=Cc1ccc([N+](=O)[O-])cc1)Nc1ccc(S(=O)(=O)NC2CCCCC2)cc1. The van der Waals surface area contributed by atoms with Gasteiger partial charge in [0.2, 0.25) is 15.9 Å². The number of anilines is 1. The molecule has 0 radical (unpaired) electrons. The first-order valence-corrected chi connectivity index (χ1v) is 11.2. The highest BCUT2D eigenvalue weighted by molar-refractivity contribution is 7.89. The van der Waals surface area contributed by atoms with Gasteiger partial charge in [0.05, 0.1) is 9.82 Å². The van der Waals surface area contributed by atoms with Crippen LogP contribution in [-0.2, 0) is 14.8 Å². The van der Waals surface area contributed by atoms with Gasteiger partial charge in [-0.3, -0.25) is 14.9 Å². The molecule has 0 heterocycles. The van der Waals surface area contributed by atoms with Crippen molar-refractivity contribution in [3.63, 3.8) is 0 Å². The van der Waals surface area contributed by atoms with Crippen LogP contribution in [0, 0.1) is 10.1 Å². The Hall–Kier alpha value is -3.04. The zero-order chi connectivity index (χ0) is 21.6. The molecule has 1 aliphatic carbocycles. The lowest BCUT2D eigenvalue weighted by molar-refractivity contribution is -0.384. The number of carbonyl (C=O) groups excluding carboxylic acids is 1. The van der Waals surface area contributed by atoms with Crippen molar-refractivity contribution in [1.29, 1.82) is 0 Å². The van der Waals surface area contributed by atoms with Crippen molar-refractivity contribution in [3.8, 4) is 0 Å². The molecule has 0 saturated heterocycles. The van der Waals surface area contributed by atoms with Gasteiger partial charge in [-0.25, -0.2) is 13.1 Å². The van der Waals surface area contributed by atoms with E-state index in [-0.39, 0.29) is 16.6 Å². The third kappa shape index (κ3) is 5.98. The van der Waals surface area contributed by atoms with Crippen LogP contribution >= 0.6 is 0 Å².